The van der Waals surface area contributed by atoms with Crippen LogP contribution in [0.3, 0.4) is 0 Å². The molecule has 0 unspecified atom stereocenters. The summed E-state index contributed by atoms with van der Waals surface area (Å²) in [5, 5.41) is 0. The van der Waals surface area contributed by atoms with E-state index >= 15 is 0 Å². The zero-order valence-corrected chi connectivity index (χ0v) is 13.2. The summed E-state index contributed by atoms with van der Waals surface area (Å²) in [6.45, 7) is 0. The fraction of sp³-hybridized carbons (Fsp3) is 0.250. The minimum Gasteiger partial charge on any atom is -0.299 e. The second-order valence-electron chi connectivity index (χ2n) is 6.90. The van der Waals surface area contributed by atoms with E-state index in [9.17, 15) is 18.8 Å². The van der Waals surface area contributed by atoms with Crippen molar-refractivity contribution in [2.45, 2.75) is 18.3 Å². The number of carbonyl (C=O) groups is 3. The highest BCUT2D eigenvalue weighted by atomic mass is 19.1. The number of imide groups is 1. The molecule has 6 rings (SSSR count). The van der Waals surface area contributed by atoms with E-state index in [1.54, 1.807) is 6.07 Å². The topological polar surface area (TPSA) is 54.5 Å². The largest absolute Gasteiger partial charge is 0.299 e. The lowest BCUT2D eigenvalue weighted by molar-refractivity contribution is -0.134. The third-order valence-corrected chi connectivity index (χ3v) is 5.78. The number of fused-ring (bicyclic) bond motifs is 1. The minimum absolute atomic E-state index is 0.00137. The molecule has 0 radical (unpaired) electrons. The summed E-state index contributed by atoms with van der Waals surface area (Å²) in [6, 6.07) is 13.3. The quantitative estimate of drug-likeness (QED) is 0.753. The maximum atomic E-state index is 14.2. The highest BCUT2D eigenvalue weighted by Crippen LogP contribution is 2.57. The van der Waals surface area contributed by atoms with Gasteiger partial charge in [-0.3, -0.25) is 14.4 Å². The van der Waals surface area contributed by atoms with Crippen molar-refractivity contribution < 1.29 is 18.8 Å². The second-order valence-corrected chi connectivity index (χ2v) is 6.90. The molecule has 5 heteroatoms. The van der Waals surface area contributed by atoms with Crippen molar-refractivity contribution in [3.8, 4) is 0 Å². The predicted molar refractivity (Wildman–Crippen MR) is 87.4 cm³/mol. The van der Waals surface area contributed by atoms with Crippen LogP contribution in [0.4, 0.5) is 10.1 Å². The molecule has 124 valence electrons. The molecule has 1 aliphatic heterocycles. The highest BCUT2D eigenvalue weighted by Gasteiger charge is 2.62. The van der Waals surface area contributed by atoms with Gasteiger partial charge < -0.3 is 0 Å². The number of anilines is 1. The van der Waals surface area contributed by atoms with Gasteiger partial charge >= 0.3 is 0 Å². The number of hydrogen-bond donors (Lipinski definition) is 0. The summed E-state index contributed by atoms with van der Waals surface area (Å²) in [5.74, 6) is -3.65. The van der Waals surface area contributed by atoms with E-state index in [4.69, 9.17) is 0 Å². The molecule has 0 aromatic heterocycles. The number of benzene rings is 2. The SMILES string of the molecule is O=C1C[C@H]2c3ccccc3[C@H]1[C@@H]1C(=O)N(c3ccccc3F)C(=O)[C@@H]12. The lowest BCUT2D eigenvalue weighted by Crippen LogP contribution is -2.44. The number of rotatable bonds is 1. The molecule has 2 aromatic carbocycles. The Balaban J connectivity index is 1.68. The number of Topliss-reactive ketones (excluding diaryl/α,β-unsaturated/α-hetero) is 1. The molecule has 1 heterocycles. The predicted octanol–water partition coefficient (Wildman–Crippen LogP) is 2.79. The number of amides is 2. The monoisotopic (exact) mass is 335 g/mol. The summed E-state index contributed by atoms with van der Waals surface area (Å²) in [6.07, 6.45) is 0.271. The van der Waals surface area contributed by atoms with Gasteiger partial charge in [0.15, 0.2) is 0 Å². The molecule has 1 saturated carbocycles. The van der Waals surface area contributed by atoms with E-state index in [2.05, 4.69) is 0 Å². The number of halogens is 1. The van der Waals surface area contributed by atoms with E-state index in [0.29, 0.717) is 0 Å². The first-order valence-electron chi connectivity index (χ1n) is 8.33. The van der Waals surface area contributed by atoms with Crippen LogP contribution in [0.2, 0.25) is 0 Å². The van der Waals surface area contributed by atoms with E-state index in [1.807, 2.05) is 24.3 Å². The molecule has 0 spiro atoms. The van der Waals surface area contributed by atoms with Crippen LogP contribution in [-0.4, -0.2) is 17.6 Å². The highest BCUT2D eigenvalue weighted by molar-refractivity contribution is 6.24. The Morgan fingerprint density at radius 2 is 1.48 bits per heavy atom. The first kappa shape index (κ1) is 14.5. The Kier molecular flexibility index (Phi) is 2.82. The van der Waals surface area contributed by atoms with Gasteiger partial charge in [0.05, 0.1) is 23.4 Å². The summed E-state index contributed by atoms with van der Waals surface area (Å²) in [5.41, 5.74) is 1.80. The van der Waals surface area contributed by atoms with Crippen molar-refractivity contribution >= 4 is 23.3 Å². The van der Waals surface area contributed by atoms with Crippen LogP contribution < -0.4 is 4.90 Å². The Morgan fingerprint density at radius 1 is 0.840 bits per heavy atom. The van der Waals surface area contributed by atoms with E-state index in [1.165, 1.54) is 18.2 Å². The zero-order valence-electron chi connectivity index (χ0n) is 13.2. The van der Waals surface area contributed by atoms with Gasteiger partial charge in [-0.15, -0.1) is 0 Å². The van der Waals surface area contributed by atoms with Gasteiger partial charge in [0.25, 0.3) is 0 Å². The fourth-order valence-electron chi connectivity index (χ4n) is 4.83. The number of hydrogen-bond acceptors (Lipinski definition) is 3. The molecule has 4 aliphatic rings. The molecule has 2 aromatic rings. The van der Waals surface area contributed by atoms with Crippen LogP contribution in [0.25, 0.3) is 0 Å². The van der Waals surface area contributed by atoms with Gasteiger partial charge in [-0.1, -0.05) is 36.4 Å². The van der Waals surface area contributed by atoms with Gasteiger partial charge in [0.2, 0.25) is 11.8 Å². The van der Waals surface area contributed by atoms with Crippen LogP contribution in [0.15, 0.2) is 48.5 Å². The Labute approximate surface area is 143 Å². The van der Waals surface area contributed by atoms with E-state index < -0.39 is 35.4 Å². The molecule has 1 saturated heterocycles. The van der Waals surface area contributed by atoms with E-state index in [0.717, 1.165) is 16.0 Å². The molecule has 25 heavy (non-hydrogen) atoms. The molecule has 2 fully saturated rings. The Hall–Kier alpha value is -2.82. The molecule has 2 bridgehead atoms. The number of ketones is 1. The van der Waals surface area contributed by atoms with Crippen molar-refractivity contribution in [2.75, 3.05) is 4.90 Å². The summed E-state index contributed by atoms with van der Waals surface area (Å²) in [7, 11) is 0. The third-order valence-electron chi connectivity index (χ3n) is 5.78. The van der Waals surface area contributed by atoms with Gasteiger partial charge in [0, 0.05) is 12.3 Å². The minimum atomic E-state index is -0.715. The van der Waals surface area contributed by atoms with Gasteiger partial charge in [0.1, 0.15) is 11.6 Å². The summed E-state index contributed by atoms with van der Waals surface area (Å²) < 4.78 is 14.2. The number of para-hydroxylation sites is 1. The molecule has 2 amide bonds. The molecule has 4 atom stereocenters. The molecular formula is C20H14FNO3. The third kappa shape index (κ3) is 1.73. The summed E-state index contributed by atoms with van der Waals surface area (Å²) >= 11 is 0. The van der Waals surface area contributed by atoms with Crippen molar-refractivity contribution in [1.82, 2.24) is 0 Å². The number of nitrogens with zero attached hydrogens (tertiary/aromatic N) is 1. The van der Waals surface area contributed by atoms with Crippen molar-refractivity contribution in [3.05, 3.63) is 65.5 Å². The van der Waals surface area contributed by atoms with Crippen LogP contribution in [0, 0.1) is 17.7 Å². The average Bonchev–Trinajstić information content (AvgIpc) is 2.88. The zero-order chi connectivity index (χ0) is 17.3. The molecule has 3 aliphatic carbocycles. The molecule has 4 nitrogen and oxygen atoms in total. The van der Waals surface area contributed by atoms with E-state index in [-0.39, 0.29) is 23.8 Å². The molecular weight excluding hydrogens is 321 g/mol. The van der Waals surface area contributed by atoms with Crippen LogP contribution in [0.1, 0.15) is 29.4 Å². The van der Waals surface area contributed by atoms with Crippen LogP contribution >= 0.6 is 0 Å². The van der Waals surface area contributed by atoms with Crippen molar-refractivity contribution in [2.24, 2.45) is 11.8 Å². The summed E-state index contributed by atoms with van der Waals surface area (Å²) in [4.78, 5) is 39.6. The van der Waals surface area contributed by atoms with Gasteiger partial charge in [-0.25, -0.2) is 9.29 Å². The lowest BCUT2D eigenvalue weighted by Gasteiger charge is -2.43. The first-order valence-corrected chi connectivity index (χ1v) is 8.33. The maximum absolute atomic E-state index is 14.2. The normalized spacial score (nSPS) is 29.8. The standard InChI is InChI=1S/C20H14FNO3/c21-13-7-3-4-8-14(13)22-19(24)17-12-9-15(23)16(18(17)20(22)25)11-6-2-1-5-10(11)12/h1-8,12,16-18H,9H2/t12-,16+,17+,18-/m0/s1. The van der Waals surface area contributed by atoms with Crippen molar-refractivity contribution in [3.63, 3.8) is 0 Å². The average molecular weight is 335 g/mol. The van der Waals surface area contributed by atoms with Crippen LogP contribution in [0.5, 0.6) is 0 Å². The smallest absolute Gasteiger partial charge is 0.238 e. The maximum Gasteiger partial charge on any atom is 0.238 e. The molecule has 0 N–H and O–H groups in total. The Bertz CT molecular complexity index is 953. The Morgan fingerprint density at radius 3 is 2.24 bits per heavy atom. The number of carbonyl (C=O) groups excluding carboxylic acids is 3. The van der Waals surface area contributed by atoms with Crippen molar-refractivity contribution in [1.29, 1.82) is 0 Å². The fourth-order valence-corrected chi connectivity index (χ4v) is 4.83. The van der Waals surface area contributed by atoms with Crippen LogP contribution in [-0.2, 0) is 14.4 Å². The first-order chi connectivity index (χ1) is 12.1. The second kappa shape index (κ2) is 4.85. The van der Waals surface area contributed by atoms with Gasteiger partial charge in [-0.2, -0.15) is 0 Å². The lowest BCUT2D eigenvalue weighted by atomic mass is 9.56. The van der Waals surface area contributed by atoms with Gasteiger partial charge in [-0.05, 0) is 23.3 Å².